The molecule has 0 atom stereocenters. The monoisotopic (exact) mass is 240 g/mol. The first-order chi connectivity index (χ1) is 8.68. The highest BCUT2D eigenvalue weighted by molar-refractivity contribution is 5.73. The summed E-state index contributed by atoms with van der Waals surface area (Å²) in [5, 5.41) is 2.78. The smallest absolute Gasteiger partial charge is 0.217 e. The molecule has 0 radical (unpaired) electrons. The van der Waals surface area contributed by atoms with Crippen LogP contribution in [-0.2, 0) is 11.3 Å². The lowest BCUT2D eigenvalue weighted by Gasteiger charge is -2.10. The van der Waals surface area contributed by atoms with Gasteiger partial charge in [-0.3, -0.25) is 9.78 Å². The van der Waals surface area contributed by atoms with Crippen LogP contribution in [0.15, 0.2) is 42.6 Å². The highest BCUT2D eigenvalue weighted by Gasteiger charge is 2.07. The minimum Gasteiger partial charge on any atom is -0.351 e. The summed E-state index contributed by atoms with van der Waals surface area (Å²) in [6, 6.07) is 12.2. The second-order valence-electron chi connectivity index (χ2n) is 4.21. The Labute approximate surface area is 107 Å². The van der Waals surface area contributed by atoms with Gasteiger partial charge in [0.05, 0.1) is 12.2 Å². The predicted molar refractivity (Wildman–Crippen MR) is 71.9 cm³/mol. The van der Waals surface area contributed by atoms with Gasteiger partial charge in [-0.15, -0.1) is 0 Å². The predicted octanol–water partition coefficient (Wildman–Crippen LogP) is 2.69. The van der Waals surface area contributed by atoms with Crippen molar-refractivity contribution in [2.45, 2.75) is 20.4 Å². The average molecular weight is 240 g/mol. The molecule has 0 aliphatic rings. The van der Waals surface area contributed by atoms with Crippen LogP contribution in [0.1, 0.15) is 18.2 Å². The first kappa shape index (κ1) is 12.3. The van der Waals surface area contributed by atoms with E-state index in [1.54, 1.807) is 6.20 Å². The number of carbonyl (C=O) groups excluding carboxylic acids is 1. The van der Waals surface area contributed by atoms with Crippen LogP contribution in [-0.4, -0.2) is 10.9 Å². The highest BCUT2D eigenvalue weighted by atomic mass is 16.1. The average Bonchev–Trinajstić information content (AvgIpc) is 2.38. The maximum absolute atomic E-state index is 10.9. The van der Waals surface area contributed by atoms with E-state index in [-0.39, 0.29) is 5.91 Å². The quantitative estimate of drug-likeness (QED) is 0.896. The number of rotatable bonds is 3. The number of nitrogens with one attached hydrogen (secondary N) is 1. The van der Waals surface area contributed by atoms with Crippen LogP contribution in [0.25, 0.3) is 11.1 Å². The Morgan fingerprint density at radius 2 is 1.94 bits per heavy atom. The lowest BCUT2D eigenvalue weighted by Crippen LogP contribution is -2.20. The largest absolute Gasteiger partial charge is 0.351 e. The second-order valence-corrected chi connectivity index (χ2v) is 4.21. The number of pyridine rings is 1. The summed E-state index contributed by atoms with van der Waals surface area (Å²) in [6.45, 7) is 4.02. The van der Waals surface area contributed by atoms with E-state index < -0.39 is 0 Å². The minimum atomic E-state index is -0.0404. The maximum atomic E-state index is 10.9. The molecule has 0 aliphatic heterocycles. The van der Waals surface area contributed by atoms with Crippen LogP contribution in [0, 0.1) is 6.92 Å². The molecule has 0 unspecified atom stereocenters. The molecule has 1 heterocycles. The van der Waals surface area contributed by atoms with Crippen LogP contribution >= 0.6 is 0 Å². The zero-order chi connectivity index (χ0) is 13.0. The van der Waals surface area contributed by atoms with Gasteiger partial charge in [0.1, 0.15) is 0 Å². The molecule has 1 aromatic carbocycles. The zero-order valence-corrected chi connectivity index (χ0v) is 10.6. The van der Waals surface area contributed by atoms with E-state index in [4.69, 9.17) is 0 Å². The Kier molecular flexibility index (Phi) is 3.72. The van der Waals surface area contributed by atoms with Crippen LogP contribution in [0.5, 0.6) is 0 Å². The summed E-state index contributed by atoms with van der Waals surface area (Å²) in [6.07, 6.45) is 1.78. The van der Waals surface area contributed by atoms with Crippen LogP contribution in [0.3, 0.4) is 0 Å². The van der Waals surface area contributed by atoms with E-state index in [1.807, 2.05) is 31.2 Å². The van der Waals surface area contributed by atoms with Gasteiger partial charge in [0.25, 0.3) is 0 Å². The van der Waals surface area contributed by atoms with Gasteiger partial charge in [0.2, 0.25) is 5.91 Å². The number of nitrogens with zero attached hydrogens (tertiary/aromatic N) is 1. The van der Waals surface area contributed by atoms with Crippen molar-refractivity contribution in [2.75, 3.05) is 0 Å². The Hall–Kier alpha value is -2.16. The number of amides is 1. The van der Waals surface area contributed by atoms with Gasteiger partial charge in [-0.25, -0.2) is 0 Å². The third-order valence-corrected chi connectivity index (χ3v) is 2.90. The van der Waals surface area contributed by atoms with Gasteiger partial charge in [-0.1, -0.05) is 30.3 Å². The van der Waals surface area contributed by atoms with Gasteiger partial charge in [-0.2, -0.15) is 0 Å². The fourth-order valence-electron chi connectivity index (χ4n) is 1.90. The fourth-order valence-corrected chi connectivity index (χ4v) is 1.90. The van der Waals surface area contributed by atoms with Gasteiger partial charge in [0.15, 0.2) is 0 Å². The Balaban J connectivity index is 2.33. The summed E-state index contributed by atoms with van der Waals surface area (Å²) in [5.74, 6) is -0.0404. The molecule has 0 saturated carbocycles. The van der Waals surface area contributed by atoms with Crippen LogP contribution < -0.4 is 5.32 Å². The van der Waals surface area contributed by atoms with Crippen molar-refractivity contribution >= 4 is 5.91 Å². The number of carbonyl (C=O) groups is 1. The topological polar surface area (TPSA) is 42.0 Å². The molecule has 0 bridgehead atoms. The molecular formula is C15H16N2O. The summed E-state index contributed by atoms with van der Waals surface area (Å²) in [7, 11) is 0. The van der Waals surface area contributed by atoms with Crippen molar-refractivity contribution in [3.8, 4) is 11.1 Å². The molecule has 3 heteroatoms. The number of benzene rings is 1. The van der Waals surface area contributed by atoms with Gasteiger partial charge in [-0.05, 0) is 29.7 Å². The van der Waals surface area contributed by atoms with E-state index in [0.29, 0.717) is 6.54 Å². The normalized spacial score (nSPS) is 10.1. The third kappa shape index (κ3) is 2.74. The third-order valence-electron chi connectivity index (χ3n) is 2.90. The lowest BCUT2D eigenvalue weighted by molar-refractivity contribution is -0.119. The molecule has 0 aliphatic carbocycles. The number of aromatic nitrogens is 1. The maximum Gasteiger partial charge on any atom is 0.217 e. The first-order valence-corrected chi connectivity index (χ1v) is 5.93. The summed E-state index contributed by atoms with van der Waals surface area (Å²) >= 11 is 0. The summed E-state index contributed by atoms with van der Waals surface area (Å²) in [4.78, 5) is 15.3. The van der Waals surface area contributed by atoms with Crippen molar-refractivity contribution in [3.63, 3.8) is 0 Å². The van der Waals surface area contributed by atoms with Gasteiger partial charge >= 0.3 is 0 Å². The first-order valence-electron chi connectivity index (χ1n) is 5.93. The molecule has 1 aromatic heterocycles. The molecule has 2 aromatic rings. The summed E-state index contributed by atoms with van der Waals surface area (Å²) < 4.78 is 0. The molecule has 2 rings (SSSR count). The molecule has 3 nitrogen and oxygen atoms in total. The van der Waals surface area contributed by atoms with Crippen molar-refractivity contribution < 1.29 is 4.79 Å². The second kappa shape index (κ2) is 5.45. The van der Waals surface area contributed by atoms with Crippen molar-refractivity contribution in [1.82, 2.24) is 10.3 Å². The molecule has 0 fully saturated rings. The van der Waals surface area contributed by atoms with E-state index in [2.05, 4.69) is 22.4 Å². The Morgan fingerprint density at radius 1 is 1.22 bits per heavy atom. The zero-order valence-electron chi connectivity index (χ0n) is 10.6. The van der Waals surface area contributed by atoms with Gasteiger partial charge in [0, 0.05) is 13.1 Å². The standard InChI is InChI=1S/C15H16N2O/c1-11-14(13-6-4-3-5-7-13)8-9-16-15(11)10-17-12(2)18/h3-9H,10H2,1-2H3,(H,17,18). The van der Waals surface area contributed by atoms with Crippen molar-refractivity contribution in [1.29, 1.82) is 0 Å². The molecule has 1 N–H and O–H groups in total. The Bertz CT molecular complexity index is 550. The SMILES string of the molecule is CC(=O)NCc1nccc(-c2ccccc2)c1C. The molecular weight excluding hydrogens is 224 g/mol. The van der Waals surface area contributed by atoms with E-state index in [9.17, 15) is 4.79 Å². The minimum absolute atomic E-state index is 0.0404. The van der Waals surface area contributed by atoms with E-state index in [0.717, 1.165) is 16.8 Å². The molecule has 0 spiro atoms. The fraction of sp³-hybridized carbons (Fsp3) is 0.200. The molecule has 1 amide bonds. The van der Waals surface area contributed by atoms with E-state index in [1.165, 1.54) is 12.5 Å². The van der Waals surface area contributed by atoms with Crippen LogP contribution in [0.2, 0.25) is 0 Å². The van der Waals surface area contributed by atoms with Crippen molar-refractivity contribution in [2.24, 2.45) is 0 Å². The lowest BCUT2D eigenvalue weighted by atomic mass is 10.0. The number of hydrogen-bond acceptors (Lipinski definition) is 2. The summed E-state index contributed by atoms with van der Waals surface area (Å²) in [5.41, 5.74) is 4.34. The van der Waals surface area contributed by atoms with Crippen molar-refractivity contribution in [3.05, 3.63) is 53.9 Å². The molecule has 18 heavy (non-hydrogen) atoms. The highest BCUT2D eigenvalue weighted by Crippen LogP contribution is 2.24. The van der Waals surface area contributed by atoms with E-state index >= 15 is 0 Å². The Morgan fingerprint density at radius 3 is 2.61 bits per heavy atom. The molecule has 92 valence electrons. The van der Waals surface area contributed by atoms with Gasteiger partial charge < -0.3 is 5.32 Å². The number of hydrogen-bond donors (Lipinski definition) is 1. The molecule has 0 saturated heterocycles. The van der Waals surface area contributed by atoms with Crippen LogP contribution in [0.4, 0.5) is 0 Å².